The third-order valence-electron chi connectivity index (χ3n) is 5.81. The molecule has 3 rings (SSSR count). The van der Waals surface area contributed by atoms with Crippen LogP contribution in [0.4, 0.5) is 0 Å². The van der Waals surface area contributed by atoms with E-state index >= 15 is 0 Å². The van der Waals surface area contributed by atoms with Crippen LogP contribution in [0.15, 0.2) is 54.1 Å². The zero-order valence-electron chi connectivity index (χ0n) is 15.0. The van der Waals surface area contributed by atoms with Gasteiger partial charge in [0.1, 0.15) is 6.10 Å². The third-order valence-corrected chi connectivity index (χ3v) is 5.81. The number of fused-ring (bicyclic) bond motifs is 1. The minimum atomic E-state index is -0.248. The Morgan fingerprint density at radius 2 is 1.96 bits per heavy atom. The number of esters is 1. The van der Waals surface area contributed by atoms with E-state index < -0.39 is 0 Å². The first-order valence-electron chi connectivity index (χ1n) is 8.98. The summed E-state index contributed by atoms with van der Waals surface area (Å²) in [5, 5.41) is 0. The Morgan fingerprint density at radius 3 is 2.62 bits per heavy atom. The lowest BCUT2D eigenvalue weighted by Gasteiger charge is -2.53. The summed E-state index contributed by atoms with van der Waals surface area (Å²) in [5.74, 6) is 1.04. The van der Waals surface area contributed by atoms with E-state index in [1.807, 2.05) is 18.2 Å². The van der Waals surface area contributed by atoms with Gasteiger partial charge in [0.15, 0.2) is 0 Å². The average Bonchev–Trinajstić information content (AvgIpc) is 2.57. The average molecular weight is 324 g/mol. The van der Waals surface area contributed by atoms with E-state index in [0.29, 0.717) is 22.8 Å². The number of carbonyl (C=O) groups is 1. The quantitative estimate of drug-likeness (QED) is 0.526. The van der Waals surface area contributed by atoms with E-state index in [4.69, 9.17) is 4.74 Å². The van der Waals surface area contributed by atoms with Crippen LogP contribution in [0.3, 0.4) is 0 Å². The molecule has 128 valence electrons. The monoisotopic (exact) mass is 324 g/mol. The van der Waals surface area contributed by atoms with E-state index in [9.17, 15) is 4.79 Å². The molecule has 1 aromatic carbocycles. The molecular formula is C22H28O2. The molecule has 2 aliphatic rings. The van der Waals surface area contributed by atoms with Gasteiger partial charge >= 0.3 is 5.97 Å². The normalized spacial score (nSPS) is 31.4. The van der Waals surface area contributed by atoms with Gasteiger partial charge in [-0.3, -0.25) is 0 Å². The van der Waals surface area contributed by atoms with Crippen LogP contribution in [0, 0.1) is 17.3 Å². The van der Waals surface area contributed by atoms with E-state index in [1.165, 1.54) is 24.0 Å². The lowest BCUT2D eigenvalue weighted by molar-refractivity contribution is 0.000378. The number of ether oxygens (including phenoxy) is 1. The predicted molar refractivity (Wildman–Crippen MR) is 97.8 cm³/mol. The summed E-state index contributed by atoms with van der Waals surface area (Å²) in [6.45, 7) is 11.2. The van der Waals surface area contributed by atoms with Gasteiger partial charge in [0.25, 0.3) is 0 Å². The molecule has 0 saturated heterocycles. The van der Waals surface area contributed by atoms with E-state index in [-0.39, 0.29) is 12.1 Å². The van der Waals surface area contributed by atoms with Crippen LogP contribution in [0.1, 0.15) is 56.8 Å². The molecule has 0 radical (unpaired) electrons. The fourth-order valence-corrected chi connectivity index (χ4v) is 4.37. The van der Waals surface area contributed by atoms with Crippen LogP contribution in [0.5, 0.6) is 0 Å². The van der Waals surface area contributed by atoms with Crippen molar-refractivity contribution in [3.8, 4) is 0 Å². The van der Waals surface area contributed by atoms with Crippen LogP contribution in [-0.2, 0) is 4.74 Å². The predicted octanol–water partition coefficient (Wildman–Crippen LogP) is 5.56. The molecule has 0 aliphatic heterocycles. The van der Waals surface area contributed by atoms with Gasteiger partial charge in [-0.2, -0.15) is 0 Å². The molecular weight excluding hydrogens is 296 g/mol. The Labute approximate surface area is 145 Å². The Morgan fingerprint density at radius 1 is 1.25 bits per heavy atom. The maximum Gasteiger partial charge on any atom is 0.338 e. The number of benzene rings is 1. The first-order valence-corrected chi connectivity index (χ1v) is 8.98. The molecule has 0 N–H and O–H groups in total. The van der Waals surface area contributed by atoms with Gasteiger partial charge in [-0.15, -0.1) is 0 Å². The van der Waals surface area contributed by atoms with Crippen molar-refractivity contribution in [2.75, 3.05) is 0 Å². The van der Waals surface area contributed by atoms with Gasteiger partial charge in [-0.1, -0.05) is 49.8 Å². The van der Waals surface area contributed by atoms with E-state index in [1.54, 1.807) is 12.1 Å². The fraction of sp³-hybridized carbons (Fsp3) is 0.500. The summed E-state index contributed by atoms with van der Waals surface area (Å²) in [5.41, 5.74) is 3.58. The second kappa shape index (κ2) is 6.58. The summed E-state index contributed by atoms with van der Waals surface area (Å²) in [7, 11) is 0. The van der Waals surface area contributed by atoms with Crippen molar-refractivity contribution < 1.29 is 9.53 Å². The van der Waals surface area contributed by atoms with Gasteiger partial charge in [-0.05, 0) is 61.6 Å². The van der Waals surface area contributed by atoms with Crippen molar-refractivity contribution in [1.29, 1.82) is 0 Å². The van der Waals surface area contributed by atoms with Crippen molar-refractivity contribution >= 4 is 5.97 Å². The maximum atomic E-state index is 12.4. The first-order chi connectivity index (χ1) is 11.4. The summed E-state index contributed by atoms with van der Waals surface area (Å²) in [6.07, 6.45) is 6.16. The molecule has 2 aliphatic carbocycles. The SMILES string of the molecule is C=C1C[C@@H](OC(=O)c2ccccc2)/C=C(\C)CC[C@@H]2[C@@H]1CC2(C)C. The highest BCUT2D eigenvalue weighted by Crippen LogP contribution is 2.56. The molecule has 1 fully saturated rings. The topological polar surface area (TPSA) is 26.3 Å². The minimum Gasteiger partial charge on any atom is -0.454 e. The van der Waals surface area contributed by atoms with E-state index in [2.05, 4.69) is 33.4 Å². The van der Waals surface area contributed by atoms with Gasteiger partial charge in [-0.25, -0.2) is 4.79 Å². The number of rotatable bonds is 2. The highest BCUT2D eigenvalue weighted by atomic mass is 16.5. The number of carbonyl (C=O) groups excluding carboxylic acids is 1. The molecule has 0 unspecified atom stereocenters. The van der Waals surface area contributed by atoms with Gasteiger partial charge in [0, 0.05) is 6.42 Å². The summed E-state index contributed by atoms with van der Waals surface area (Å²) >= 11 is 0. The Hall–Kier alpha value is -1.83. The molecule has 1 aromatic rings. The lowest BCUT2D eigenvalue weighted by Crippen LogP contribution is -2.44. The second-order valence-corrected chi connectivity index (χ2v) is 8.13. The Kier molecular flexibility index (Phi) is 4.67. The number of hydrogen-bond donors (Lipinski definition) is 0. The van der Waals surface area contributed by atoms with Crippen molar-refractivity contribution in [3.05, 3.63) is 59.7 Å². The highest BCUT2D eigenvalue weighted by molar-refractivity contribution is 5.89. The van der Waals surface area contributed by atoms with Gasteiger partial charge < -0.3 is 4.74 Å². The molecule has 0 heterocycles. The molecule has 24 heavy (non-hydrogen) atoms. The highest BCUT2D eigenvalue weighted by Gasteiger charge is 2.47. The number of hydrogen-bond acceptors (Lipinski definition) is 2. The van der Waals surface area contributed by atoms with Crippen LogP contribution >= 0.6 is 0 Å². The molecule has 0 spiro atoms. The number of allylic oxidation sites excluding steroid dienone is 1. The molecule has 0 aromatic heterocycles. The van der Waals surface area contributed by atoms with Crippen molar-refractivity contribution in [3.63, 3.8) is 0 Å². The summed E-state index contributed by atoms with van der Waals surface area (Å²) in [6, 6.07) is 9.23. The van der Waals surface area contributed by atoms with Crippen molar-refractivity contribution in [2.24, 2.45) is 17.3 Å². The smallest absolute Gasteiger partial charge is 0.338 e. The lowest BCUT2D eigenvalue weighted by atomic mass is 9.52. The van der Waals surface area contributed by atoms with Crippen LogP contribution in [0.25, 0.3) is 0 Å². The minimum absolute atomic E-state index is 0.201. The van der Waals surface area contributed by atoms with E-state index in [0.717, 1.165) is 12.8 Å². The maximum absolute atomic E-state index is 12.4. The Bertz CT molecular complexity index is 654. The molecule has 0 amide bonds. The molecule has 1 saturated carbocycles. The molecule has 0 bridgehead atoms. The summed E-state index contributed by atoms with van der Waals surface area (Å²) in [4.78, 5) is 12.4. The second-order valence-electron chi connectivity index (χ2n) is 8.13. The molecule has 2 nitrogen and oxygen atoms in total. The first kappa shape index (κ1) is 17.0. The molecule has 2 heteroatoms. The van der Waals surface area contributed by atoms with Gasteiger partial charge in [0.2, 0.25) is 0 Å². The summed E-state index contributed by atoms with van der Waals surface area (Å²) < 4.78 is 5.79. The zero-order valence-corrected chi connectivity index (χ0v) is 15.0. The zero-order chi connectivity index (χ0) is 17.3. The van der Waals surface area contributed by atoms with Gasteiger partial charge in [0.05, 0.1) is 5.56 Å². The Balaban J connectivity index is 1.74. The van der Waals surface area contributed by atoms with Crippen LogP contribution in [0.2, 0.25) is 0 Å². The van der Waals surface area contributed by atoms with Crippen LogP contribution in [-0.4, -0.2) is 12.1 Å². The standard InChI is InChI=1S/C22H28O2/c1-15-10-11-20-19(14-22(20,3)4)16(2)13-18(12-15)24-21(23)17-8-6-5-7-9-17/h5-9,12,18-20H,2,10-11,13-14H2,1,3-4H3/b15-12+/t18-,19+,20+/m0/s1. The fourth-order valence-electron chi connectivity index (χ4n) is 4.37. The van der Waals surface area contributed by atoms with Crippen molar-refractivity contribution in [1.82, 2.24) is 0 Å². The van der Waals surface area contributed by atoms with Crippen molar-refractivity contribution in [2.45, 2.75) is 52.6 Å². The third kappa shape index (κ3) is 3.48. The largest absolute Gasteiger partial charge is 0.454 e. The van der Waals surface area contributed by atoms with Crippen LogP contribution < -0.4 is 0 Å². The molecule has 3 atom stereocenters.